The van der Waals surface area contributed by atoms with Crippen molar-refractivity contribution in [1.29, 1.82) is 0 Å². The van der Waals surface area contributed by atoms with Gasteiger partial charge in [-0.3, -0.25) is 14.2 Å². The van der Waals surface area contributed by atoms with Crippen LogP contribution >= 0.6 is 0 Å². The Hall–Kier alpha value is -4.62. The molecule has 12 nitrogen and oxygen atoms in total. The highest BCUT2D eigenvalue weighted by atomic mass is 32.2. The predicted molar refractivity (Wildman–Crippen MR) is 146 cm³/mol. The van der Waals surface area contributed by atoms with Crippen molar-refractivity contribution in [3.63, 3.8) is 0 Å². The van der Waals surface area contributed by atoms with Crippen LogP contribution in [-0.2, 0) is 21.4 Å². The number of aromatic nitrogens is 2. The van der Waals surface area contributed by atoms with Crippen LogP contribution in [0.15, 0.2) is 81.2 Å². The lowest BCUT2D eigenvalue weighted by atomic mass is 10.2. The minimum absolute atomic E-state index is 0.114. The Morgan fingerprint density at radius 2 is 1.57 bits per heavy atom. The molecule has 0 saturated carbocycles. The van der Waals surface area contributed by atoms with Gasteiger partial charge in [-0.25, -0.2) is 13.2 Å². The van der Waals surface area contributed by atoms with E-state index in [9.17, 15) is 27.9 Å². The molecule has 1 heterocycles. The molecule has 4 aromatic rings. The first kappa shape index (κ1) is 28.4. The minimum Gasteiger partial charge on any atom is -0.493 e. The number of fused-ring (bicyclic) bond motifs is 1. The molecule has 1 aromatic heterocycles. The Morgan fingerprint density at radius 1 is 0.975 bits per heavy atom. The van der Waals surface area contributed by atoms with E-state index in [-0.39, 0.29) is 34.5 Å². The number of nitrogens with zero attached hydrogens (tertiary/aromatic N) is 2. The Kier molecular flexibility index (Phi) is 8.26. The van der Waals surface area contributed by atoms with Crippen LogP contribution in [0.1, 0.15) is 6.42 Å². The van der Waals surface area contributed by atoms with E-state index in [2.05, 4.69) is 4.98 Å². The van der Waals surface area contributed by atoms with E-state index in [1.165, 1.54) is 50.6 Å². The van der Waals surface area contributed by atoms with E-state index >= 15 is 0 Å². The number of aromatic amines is 1. The van der Waals surface area contributed by atoms with E-state index in [1.54, 1.807) is 24.3 Å². The average molecular weight is 570 g/mol. The van der Waals surface area contributed by atoms with Crippen molar-refractivity contribution in [3.8, 4) is 23.0 Å². The van der Waals surface area contributed by atoms with Crippen LogP contribution in [0.2, 0.25) is 0 Å². The summed E-state index contributed by atoms with van der Waals surface area (Å²) in [6.07, 6.45) is -0.359. The van der Waals surface area contributed by atoms with Crippen LogP contribution in [0.5, 0.6) is 23.0 Å². The summed E-state index contributed by atoms with van der Waals surface area (Å²) in [4.78, 5) is 40.3. The second kappa shape index (κ2) is 11.6. The first-order valence-corrected chi connectivity index (χ1v) is 13.4. The summed E-state index contributed by atoms with van der Waals surface area (Å²) in [5.74, 6) is 0.0940. The fraction of sp³-hybridized carbons (Fsp3) is 0.222. The highest BCUT2D eigenvalue weighted by Crippen LogP contribution is 2.30. The molecular formula is C27H27N3O9S. The molecule has 3 aromatic carbocycles. The number of para-hydroxylation sites is 1. The first-order chi connectivity index (χ1) is 19.1. The molecular weight excluding hydrogens is 542 g/mol. The van der Waals surface area contributed by atoms with E-state index in [1.807, 2.05) is 6.07 Å². The van der Waals surface area contributed by atoms with Crippen LogP contribution in [-0.4, -0.2) is 60.7 Å². The largest absolute Gasteiger partial charge is 0.493 e. The standard InChI is InChI=1S/C27H27N3O9S/c1-29(40(35,36)19-11-9-18(10-12-19)39-17-7-5-4-6-8-17)22(26(32)33)13-14-30-25(31)20-15-23(37-2)24(38-3)16-21(20)28-27(30)34/h4-12,15-16,22H,13-14H2,1-3H3,(H,28,34)(H,32,33). The number of hydrogen-bond acceptors (Lipinski definition) is 8. The molecule has 2 N–H and O–H groups in total. The number of carboxylic acids is 1. The molecule has 0 amide bonds. The highest BCUT2D eigenvalue weighted by molar-refractivity contribution is 7.89. The number of likely N-dealkylation sites (N-methyl/N-ethyl adjacent to an activating group) is 1. The van der Waals surface area contributed by atoms with Crippen molar-refractivity contribution in [2.75, 3.05) is 21.3 Å². The number of rotatable bonds is 11. The maximum atomic E-state index is 13.3. The number of ether oxygens (including phenoxy) is 3. The molecule has 0 spiro atoms. The van der Waals surface area contributed by atoms with Crippen LogP contribution in [0.4, 0.5) is 0 Å². The van der Waals surface area contributed by atoms with Crippen molar-refractivity contribution in [1.82, 2.24) is 13.9 Å². The molecule has 40 heavy (non-hydrogen) atoms. The Balaban J connectivity index is 1.57. The van der Waals surface area contributed by atoms with Gasteiger partial charge in [0.1, 0.15) is 17.5 Å². The van der Waals surface area contributed by atoms with Gasteiger partial charge in [-0.05, 0) is 48.9 Å². The van der Waals surface area contributed by atoms with Crippen LogP contribution in [0.25, 0.3) is 10.9 Å². The number of benzene rings is 3. The number of carbonyl (C=O) groups is 1. The van der Waals surface area contributed by atoms with Crippen LogP contribution < -0.4 is 25.5 Å². The zero-order chi connectivity index (χ0) is 29.0. The molecule has 210 valence electrons. The Labute approximate surface area is 229 Å². The Bertz CT molecular complexity index is 1750. The topological polar surface area (TPSA) is 157 Å². The monoisotopic (exact) mass is 569 g/mol. The van der Waals surface area contributed by atoms with Gasteiger partial charge in [-0.1, -0.05) is 18.2 Å². The molecule has 0 aliphatic heterocycles. The van der Waals surface area contributed by atoms with E-state index in [0.717, 1.165) is 11.6 Å². The van der Waals surface area contributed by atoms with Crippen LogP contribution in [0.3, 0.4) is 0 Å². The van der Waals surface area contributed by atoms with Gasteiger partial charge >= 0.3 is 11.7 Å². The third kappa shape index (κ3) is 5.70. The SMILES string of the molecule is COc1cc2[nH]c(=O)n(CCC(C(=O)O)N(C)S(=O)(=O)c3ccc(Oc4ccccc4)cc3)c(=O)c2cc1OC. The molecule has 0 bridgehead atoms. The minimum atomic E-state index is -4.26. The predicted octanol–water partition coefficient (Wildman–Crippen LogP) is 2.66. The van der Waals surface area contributed by atoms with Gasteiger partial charge in [0.2, 0.25) is 10.0 Å². The zero-order valence-electron chi connectivity index (χ0n) is 21.9. The van der Waals surface area contributed by atoms with Crippen molar-refractivity contribution < 1.29 is 32.5 Å². The van der Waals surface area contributed by atoms with E-state index in [0.29, 0.717) is 21.6 Å². The fourth-order valence-corrected chi connectivity index (χ4v) is 5.48. The number of carboxylic acid groups (broad SMARTS) is 1. The number of aliphatic carboxylic acids is 1. The first-order valence-electron chi connectivity index (χ1n) is 12.0. The van der Waals surface area contributed by atoms with E-state index < -0.39 is 33.3 Å². The molecule has 1 atom stereocenters. The van der Waals surface area contributed by atoms with Crippen molar-refractivity contribution in [2.24, 2.45) is 0 Å². The lowest BCUT2D eigenvalue weighted by Gasteiger charge is -2.24. The van der Waals surface area contributed by atoms with Crippen LogP contribution in [0, 0.1) is 0 Å². The number of methoxy groups -OCH3 is 2. The van der Waals surface area contributed by atoms with Crippen molar-refractivity contribution in [3.05, 3.63) is 87.6 Å². The number of hydrogen-bond donors (Lipinski definition) is 2. The summed E-state index contributed by atoms with van der Waals surface area (Å²) in [7, 11) is -0.320. The lowest BCUT2D eigenvalue weighted by molar-refractivity contribution is -0.141. The molecule has 0 fully saturated rings. The molecule has 0 radical (unpaired) electrons. The molecule has 0 aliphatic carbocycles. The number of sulfonamides is 1. The smallest absolute Gasteiger partial charge is 0.328 e. The summed E-state index contributed by atoms with van der Waals surface area (Å²) < 4.78 is 44.1. The van der Waals surface area contributed by atoms with Crippen molar-refractivity contribution >= 4 is 26.9 Å². The third-order valence-corrected chi connectivity index (χ3v) is 8.20. The second-order valence-corrected chi connectivity index (χ2v) is 10.7. The summed E-state index contributed by atoms with van der Waals surface area (Å²) >= 11 is 0. The van der Waals surface area contributed by atoms with Gasteiger partial charge in [0.05, 0.1) is 30.0 Å². The van der Waals surface area contributed by atoms with Gasteiger partial charge < -0.3 is 24.3 Å². The fourth-order valence-electron chi connectivity index (χ4n) is 4.13. The van der Waals surface area contributed by atoms with Gasteiger partial charge in [-0.2, -0.15) is 4.31 Å². The summed E-state index contributed by atoms with van der Waals surface area (Å²) in [5.41, 5.74) is -1.27. The summed E-state index contributed by atoms with van der Waals surface area (Å²) in [6, 6.07) is 15.7. The third-order valence-electron chi connectivity index (χ3n) is 6.32. The molecule has 0 saturated heterocycles. The molecule has 0 aliphatic rings. The highest BCUT2D eigenvalue weighted by Gasteiger charge is 2.33. The van der Waals surface area contributed by atoms with E-state index in [4.69, 9.17) is 14.2 Å². The zero-order valence-corrected chi connectivity index (χ0v) is 22.7. The maximum absolute atomic E-state index is 13.3. The normalized spacial score (nSPS) is 12.3. The quantitative estimate of drug-likeness (QED) is 0.277. The summed E-state index contributed by atoms with van der Waals surface area (Å²) in [6.45, 7) is -0.362. The molecule has 13 heteroatoms. The number of nitrogens with one attached hydrogen (secondary N) is 1. The Morgan fingerprint density at radius 3 is 2.17 bits per heavy atom. The molecule has 4 rings (SSSR count). The van der Waals surface area contributed by atoms with Gasteiger partial charge in [0, 0.05) is 19.7 Å². The van der Waals surface area contributed by atoms with Gasteiger partial charge in [-0.15, -0.1) is 0 Å². The van der Waals surface area contributed by atoms with Gasteiger partial charge in [0.25, 0.3) is 5.56 Å². The second-order valence-electron chi connectivity index (χ2n) is 8.69. The molecule has 1 unspecified atom stereocenters. The maximum Gasteiger partial charge on any atom is 0.328 e. The van der Waals surface area contributed by atoms with Gasteiger partial charge in [0.15, 0.2) is 11.5 Å². The number of H-pyrrole nitrogens is 1. The average Bonchev–Trinajstić information content (AvgIpc) is 2.94. The van der Waals surface area contributed by atoms with Crippen molar-refractivity contribution in [2.45, 2.75) is 23.9 Å². The lowest BCUT2D eigenvalue weighted by Crippen LogP contribution is -2.44. The summed E-state index contributed by atoms with van der Waals surface area (Å²) in [5, 5.41) is 9.96.